The van der Waals surface area contributed by atoms with Crippen molar-refractivity contribution in [2.24, 2.45) is 12.1 Å². The standard InChI is InChI=1S/C20H18N4O2/c1-24-18(7-2-15-10-12-21-13-11-15)8-9-19(24)14-22-23-17-5-3-16(4-6-17)20(25)26/h2-14,23H,1H3,(H,25,26)/b7-2+,22-14+. The SMILES string of the molecule is Cn1c(/C=C/c2ccncc2)ccc1/C=N/Nc1ccc(C(=O)O)cc1. The number of hydrogen-bond acceptors (Lipinski definition) is 4. The van der Waals surface area contributed by atoms with Crippen LogP contribution in [0.5, 0.6) is 0 Å². The molecule has 26 heavy (non-hydrogen) atoms. The minimum Gasteiger partial charge on any atom is -0.478 e. The van der Waals surface area contributed by atoms with Gasteiger partial charge in [-0.1, -0.05) is 6.08 Å². The number of nitrogens with zero attached hydrogens (tertiary/aromatic N) is 3. The summed E-state index contributed by atoms with van der Waals surface area (Å²) in [7, 11) is 1.97. The lowest BCUT2D eigenvalue weighted by atomic mass is 10.2. The van der Waals surface area contributed by atoms with Crippen molar-refractivity contribution in [1.29, 1.82) is 0 Å². The predicted molar refractivity (Wildman–Crippen MR) is 103 cm³/mol. The number of rotatable bonds is 6. The van der Waals surface area contributed by atoms with Gasteiger partial charge in [0.1, 0.15) is 0 Å². The molecule has 0 unspecified atom stereocenters. The maximum absolute atomic E-state index is 10.8. The van der Waals surface area contributed by atoms with Gasteiger partial charge in [-0.15, -0.1) is 0 Å². The average Bonchev–Trinajstić information content (AvgIpc) is 3.01. The number of carbonyl (C=O) groups is 1. The van der Waals surface area contributed by atoms with Crippen molar-refractivity contribution in [3.63, 3.8) is 0 Å². The Morgan fingerprint density at radius 1 is 1.04 bits per heavy atom. The third kappa shape index (κ3) is 4.24. The highest BCUT2D eigenvalue weighted by Crippen LogP contribution is 2.12. The first-order chi connectivity index (χ1) is 12.6. The Bertz CT molecular complexity index is 942. The van der Waals surface area contributed by atoms with Crippen molar-refractivity contribution >= 4 is 30.0 Å². The Kier molecular flexibility index (Phi) is 5.24. The van der Waals surface area contributed by atoms with E-state index in [1.807, 2.05) is 48.0 Å². The van der Waals surface area contributed by atoms with Gasteiger partial charge in [0.15, 0.2) is 0 Å². The van der Waals surface area contributed by atoms with Crippen LogP contribution in [0.2, 0.25) is 0 Å². The number of aromatic carboxylic acids is 1. The fraction of sp³-hybridized carbons (Fsp3) is 0.0500. The van der Waals surface area contributed by atoms with Crippen LogP contribution in [0.3, 0.4) is 0 Å². The number of hydrazone groups is 1. The number of nitrogens with one attached hydrogen (secondary N) is 1. The van der Waals surface area contributed by atoms with Crippen LogP contribution in [0, 0.1) is 0 Å². The molecule has 0 aliphatic carbocycles. The molecule has 6 nitrogen and oxygen atoms in total. The van der Waals surface area contributed by atoms with Crippen LogP contribution in [0.1, 0.15) is 27.3 Å². The fourth-order valence-electron chi connectivity index (χ4n) is 2.36. The second-order valence-electron chi connectivity index (χ2n) is 5.61. The largest absolute Gasteiger partial charge is 0.478 e. The number of aromatic nitrogens is 2. The lowest BCUT2D eigenvalue weighted by Gasteiger charge is -2.02. The molecule has 6 heteroatoms. The number of benzene rings is 1. The highest BCUT2D eigenvalue weighted by molar-refractivity contribution is 5.88. The quantitative estimate of drug-likeness (QED) is 0.526. The topological polar surface area (TPSA) is 79.5 Å². The van der Waals surface area contributed by atoms with Crippen LogP contribution >= 0.6 is 0 Å². The monoisotopic (exact) mass is 346 g/mol. The first-order valence-electron chi connectivity index (χ1n) is 8.00. The molecule has 0 bridgehead atoms. The number of pyridine rings is 1. The van der Waals surface area contributed by atoms with Gasteiger partial charge in [-0.25, -0.2) is 4.79 Å². The Morgan fingerprint density at radius 2 is 1.73 bits per heavy atom. The van der Waals surface area contributed by atoms with Gasteiger partial charge >= 0.3 is 5.97 Å². The van der Waals surface area contributed by atoms with E-state index in [2.05, 4.69) is 15.5 Å². The van der Waals surface area contributed by atoms with E-state index in [0.717, 1.165) is 22.6 Å². The first-order valence-corrected chi connectivity index (χ1v) is 8.00. The summed E-state index contributed by atoms with van der Waals surface area (Å²) < 4.78 is 2.02. The molecule has 0 saturated carbocycles. The zero-order chi connectivity index (χ0) is 18.4. The number of anilines is 1. The summed E-state index contributed by atoms with van der Waals surface area (Å²) in [6.45, 7) is 0. The Hall–Kier alpha value is -3.67. The zero-order valence-electron chi connectivity index (χ0n) is 14.2. The van der Waals surface area contributed by atoms with Gasteiger partial charge in [0.25, 0.3) is 0 Å². The van der Waals surface area contributed by atoms with E-state index in [0.29, 0.717) is 0 Å². The van der Waals surface area contributed by atoms with Gasteiger partial charge in [0.05, 0.1) is 23.2 Å². The summed E-state index contributed by atoms with van der Waals surface area (Å²) in [5, 5.41) is 13.1. The Labute approximate surface area is 151 Å². The molecule has 0 spiro atoms. The Morgan fingerprint density at radius 3 is 2.42 bits per heavy atom. The minimum atomic E-state index is -0.948. The molecule has 2 aromatic heterocycles. The van der Waals surface area contributed by atoms with Gasteiger partial charge in [-0.2, -0.15) is 5.10 Å². The van der Waals surface area contributed by atoms with Gasteiger partial charge in [-0.05, 0) is 60.2 Å². The lowest BCUT2D eigenvalue weighted by Crippen LogP contribution is -1.99. The van der Waals surface area contributed by atoms with E-state index in [-0.39, 0.29) is 5.56 Å². The molecule has 2 heterocycles. The van der Waals surface area contributed by atoms with E-state index >= 15 is 0 Å². The van der Waals surface area contributed by atoms with Crippen molar-refractivity contribution < 1.29 is 9.90 Å². The van der Waals surface area contributed by atoms with Crippen LogP contribution in [0.25, 0.3) is 12.2 Å². The molecule has 0 aliphatic rings. The highest BCUT2D eigenvalue weighted by atomic mass is 16.4. The summed E-state index contributed by atoms with van der Waals surface area (Å²) in [5.41, 5.74) is 6.93. The molecule has 1 aromatic carbocycles. The first kappa shape index (κ1) is 17.2. The van der Waals surface area contributed by atoms with E-state index in [1.54, 1.807) is 30.7 Å². The molecule has 130 valence electrons. The van der Waals surface area contributed by atoms with Crippen molar-refractivity contribution in [3.05, 3.63) is 83.4 Å². The number of carboxylic acids is 1. The molecule has 0 amide bonds. The van der Waals surface area contributed by atoms with Gasteiger partial charge in [0.2, 0.25) is 0 Å². The Balaban J connectivity index is 1.65. The molecule has 0 atom stereocenters. The highest BCUT2D eigenvalue weighted by Gasteiger charge is 2.02. The third-order valence-corrected chi connectivity index (χ3v) is 3.87. The van der Waals surface area contributed by atoms with Crippen LogP contribution in [0.4, 0.5) is 5.69 Å². The van der Waals surface area contributed by atoms with E-state index < -0.39 is 5.97 Å². The van der Waals surface area contributed by atoms with Crippen molar-refractivity contribution in [3.8, 4) is 0 Å². The molecular formula is C20H18N4O2. The van der Waals surface area contributed by atoms with Gasteiger partial charge in [-0.3, -0.25) is 10.4 Å². The van der Waals surface area contributed by atoms with Crippen LogP contribution in [-0.2, 0) is 7.05 Å². The molecule has 0 saturated heterocycles. The maximum atomic E-state index is 10.8. The summed E-state index contributed by atoms with van der Waals surface area (Å²) >= 11 is 0. The van der Waals surface area contributed by atoms with Crippen molar-refractivity contribution in [2.45, 2.75) is 0 Å². The fourth-order valence-corrected chi connectivity index (χ4v) is 2.36. The molecular weight excluding hydrogens is 328 g/mol. The zero-order valence-corrected chi connectivity index (χ0v) is 14.2. The molecule has 0 fully saturated rings. The summed E-state index contributed by atoms with van der Waals surface area (Å²) in [5.74, 6) is -0.948. The second-order valence-corrected chi connectivity index (χ2v) is 5.61. The van der Waals surface area contributed by atoms with E-state index in [4.69, 9.17) is 5.11 Å². The average molecular weight is 346 g/mol. The van der Waals surface area contributed by atoms with Crippen molar-refractivity contribution in [1.82, 2.24) is 9.55 Å². The van der Waals surface area contributed by atoms with Gasteiger partial charge in [0, 0.05) is 25.1 Å². The summed E-state index contributed by atoms with van der Waals surface area (Å²) in [4.78, 5) is 14.8. The molecule has 3 aromatic rings. The smallest absolute Gasteiger partial charge is 0.335 e. The predicted octanol–water partition coefficient (Wildman–Crippen LogP) is 3.73. The summed E-state index contributed by atoms with van der Waals surface area (Å²) in [6, 6.07) is 14.3. The molecule has 3 rings (SSSR count). The van der Waals surface area contributed by atoms with E-state index in [9.17, 15) is 4.79 Å². The van der Waals surface area contributed by atoms with Crippen LogP contribution in [-0.4, -0.2) is 26.8 Å². The second kappa shape index (κ2) is 7.94. The summed E-state index contributed by atoms with van der Waals surface area (Å²) in [6.07, 6.45) is 9.30. The number of hydrogen-bond donors (Lipinski definition) is 2. The lowest BCUT2D eigenvalue weighted by molar-refractivity contribution is 0.0697. The normalized spacial score (nSPS) is 11.3. The number of carboxylic acid groups (broad SMARTS) is 1. The minimum absolute atomic E-state index is 0.243. The third-order valence-electron chi connectivity index (χ3n) is 3.87. The maximum Gasteiger partial charge on any atom is 0.335 e. The van der Waals surface area contributed by atoms with Crippen LogP contribution < -0.4 is 5.43 Å². The molecule has 0 aliphatic heterocycles. The molecule has 0 radical (unpaired) electrons. The van der Waals surface area contributed by atoms with E-state index in [1.165, 1.54) is 12.1 Å². The van der Waals surface area contributed by atoms with Crippen molar-refractivity contribution in [2.75, 3.05) is 5.43 Å². The van der Waals surface area contributed by atoms with Crippen LogP contribution in [0.15, 0.2) is 66.0 Å². The van der Waals surface area contributed by atoms with Gasteiger partial charge < -0.3 is 9.67 Å². The molecule has 2 N–H and O–H groups in total.